The number of carbonyl (C=O) groups is 1. The van der Waals surface area contributed by atoms with Gasteiger partial charge < -0.3 is 10.1 Å². The predicted octanol–water partition coefficient (Wildman–Crippen LogP) is 1.58. The van der Waals surface area contributed by atoms with Crippen LogP contribution >= 0.6 is 0 Å². The van der Waals surface area contributed by atoms with E-state index in [0.717, 1.165) is 25.9 Å². The molecular formula is C11H21NO2. The highest BCUT2D eigenvalue weighted by atomic mass is 16.5. The van der Waals surface area contributed by atoms with Gasteiger partial charge in [-0.3, -0.25) is 4.79 Å². The maximum absolute atomic E-state index is 11.5. The van der Waals surface area contributed by atoms with Gasteiger partial charge in [-0.05, 0) is 24.8 Å². The SMILES string of the molecule is CC(C)(C)CCOC(=O)C1CCNC1. The molecule has 3 heteroatoms. The van der Waals surface area contributed by atoms with Crippen LogP contribution in [0.4, 0.5) is 0 Å². The Morgan fingerprint density at radius 2 is 2.21 bits per heavy atom. The minimum absolute atomic E-state index is 0.0285. The standard InChI is InChI=1S/C11H21NO2/c1-11(2,3)5-7-14-10(13)9-4-6-12-8-9/h9,12H,4-8H2,1-3H3. The number of carbonyl (C=O) groups excluding carboxylic acids is 1. The smallest absolute Gasteiger partial charge is 0.310 e. The van der Waals surface area contributed by atoms with E-state index in [1.807, 2.05) is 0 Å². The average Bonchev–Trinajstić information content (AvgIpc) is 2.53. The van der Waals surface area contributed by atoms with Gasteiger partial charge in [0.2, 0.25) is 0 Å². The molecule has 1 heterocycles. The van der Waals surface area contributed by atoms with Gasteiger partial charge in [0.05, 0.1) is 12.5 Å². The third kappa shape index (κ3) is 4.09. The molecule has 0 amide bonds. The van der Waals surface area contributed by atoms with Crippen LogP contribution in [0.25, 0.3) is 0 Å². The summed E-state index contributed by atoms with van der Waals surface area (Å²) >= 11 is 0. The molecule has 14 heavy (non-hydrogen) atoms. The first-order valence-electron chi connectivity index (χ1n) is 5.36. The molecule has 0 bridgehead atoms. The summed E-state index contributed by atoms with van der Waals surface area (Å²) < 4.78 is 5.22. The fourth-order valence-electron chi connectivity index (χ4n) is 1.43. The van der Waals surface area contributed by atoms with Crippen molar-refractivity contribution in [2.75, 3.05) is 19.7 Å². The molecule has 1 aliphatic rings. The van der Waals surface area contributed by atoms with Gasteiger partial charge in [-0.2, -0.15) is 0 Å². The Morgan fingerprint density at radius 3 is 2.71 bits per heavy atom. The van der Waals surface area contributed by atoms with Gasteiger partial charge >= 0.3 is 5.97 Å². The zero-order valence-electron chi connectivity index (χ0n) is 9.43. The molecule has 3 nitrogen and oxygen atoms in total. The zero-order valence-corrected chi connectivity index (χ0v) is 9.43. The van der Waals surface area contributed by atoms with Gasteiger partial charge in [0, 0.05) is 6.54 Å². The van der Waals surface area contributed by atoms with Gasteiger partial charge in [-0.15, -0.1) is 0 Å². The molecule has 1 unspecified atom stereocenters. The van der Waals surface area contributed by atoms with E-state index in [1.165, 1.54) is 0 Å². The molecule has 1 atom stereocenters. The van der Waals surface area contributed by atoms with Crippen molar-refractivity contribution < 1.29 is 9.53 Å². The molecule has 0 radical (unpaired) electrons. The number of nitrogens with one attached hydrogen (secondary N) is 1. The molecule has 1 saturated heterocycles. The van der Waals surface area contributed by atoms with Crippen LogP contribution in [0.15, 0.2) is 0 Å². The lowest BCUT2D eigenvalue weighted by Crippen LogP contribution is -2.22. The Hall–Kier alpha value is -0.570. The summed E-state index contributed by atoms with van der Waals surface area (Å²) in [5.41, 5.74) is 0.244. The molecule has 0 spiro atoms. The molecule has 0 aliphatic carbocycles. The van der Waals surface area contributed by atoms with Crippen LogP contribution in [0.2, 0.25) is 0 Å². The van der Waals surface area contributed by atoms with Gasteiger partial charge in [0.25, 0.3) is 0 Å². The zero-order chi connectivity index (χ0) is 10.6. The van der Waals surface area contributed by atoms with Crippen molar-refractivity contribution >= 4 is 5.97 Å². The van der Waals surface area contributed by atoms with Crippen LogP contribution in [0, 0.1) is 11.3 Å². The van der Waals surface area contributed by atoms with Crippen molar-refractivity contribution in [2.45, 2.75) is 33.6 Å². The third-order valence-electron chi connectivity index (χ3n) is 2.49. The number of hydrogen-bond acceptors (Lipinski definition) is 3. The van der Waals surface area contributed by atoms with Gasteiger partial charge in [0.1, 0.15) is 0 Å². The van der Waals surface area contributed by atoms with E-state index in [2.05, 4.69) is 26.1 Å². The van der Waals surface area contributed by atoms with Crippen molar-refractivity contribution in [3.63, 3.8) is 0 Å². The summed E-state index contributed by atoms with van der Waals surface area (Å²) in [6.45, 7) is 8.74. The molecule has 1 aliphatic heterocycles. The van der Waals surface area contributed by atoms with Crippen LogP contribution in [0.3, 0.4) is 0 Å². The highest BCUT2D eigenvalue weighted by molar-refractivity contribution is 5.73. The van der Waals surface area contributed by atoms with Crippen molar-refractivity contribution in [1.29, 1.82) is 0 Å². The highest BCUT2D eigenvalue weighted by Crippen LogP contribution is 2.18. The molecule has 1 rings (SSSR count). The molecule has 82 valence electrons. The Balaban J connectivity index is 2.15. The first kappa shape index (κ1) is 11.5. The fourth-order valence-corrected chi connectivity index (χ4v) is 1.43. The number of ether oxygens (including phenoxy) is 1. The number of hydrogen-bond donors (Lipinski definition) is 1. The van der Waals surface area contributed by atoms with Gasteiger partial charge in [0.15, 0.2) is 0 Å². The number of rotatable bonds is 3. The van der Waals surface area contributed by atoms with Crippen molar-refractivity contribution in [2.24, 2.45) is 11.3 Å². The Bertz CT molecular complexity index is 190. The minimum atomic E-state index is -0.0285. The van der Waals surface area contributed by atoms with E-state index >= 15 is 0 Å². The topological polar surface area (TPSA) is 38.3 Å². The summed E-state index contributed by atoms with van der Waals surface area (Å²) in [6.07, 6.45) is 1.85. The van der Waals surface area contributed by atoms with Crippen LogP contribution in [-0.4, -0.2) is 25.7 Å². The highest BCUT2D eigenvalue weighted by Gasteiger charge is 2.24. The Kier molecular flexibility index (Phi) is 3.93. The van der Waals surface area contributed by atoms with E-state index in [4.69, 9.17) is 4.74 Å². The monoisotopic (exact) mass is 199 g/mol. The van der Waals surface area contributed by atoms with E-state index in [1.54, 1.807) is 0 Å². The maximum Gasteiger partial charge on any atom is 0.310 e. The van der Waals surface area contributed by atoms with Crippen molar-refractivity contribution in [3.8, 4) is 0 Å². The third-order valence-corrected chi connectivity index (χ3v) is 2.49. The van der Waals surface area contributed by atoms with Crippen molar-refractivity contribution in [1.82, 2.24) is 5.32 Å². The fraction of sp³-hybridized carbons (Fsp3) is 0.909. The van der Waals surface area contributed by atoms with Crippen LogP contribution in [0.5, 0.6) is 0 Å². The second-order valence-corrected chi connectivity index (χ2v) is 5.17. The molecular weight excluding hydrogens is 178 g/mol. The molecule has 0 saturated carbocycles. The lowest BCUT2D eigenvalue weighted by atomic mass is 9.93. The lowest BCUT2D eigenvalue weighted by Gasteiger charge is -2.18. The lowest BCUT2D eigenvalue weighted by molar-refractivity contribution is -0.148. The summed E-state index contributed by atoms with van der Waals surface area (Å²) in [7, 11) is 0. The average molecular weight is 199 g/mol. The second-order valence-electron chi connectivity index (χ2n) is 5.17. The normalized spacial score (nSPS) is 22.4. The van der Waals surface area contributed by atoms with Gasteiger partial charge in [-0.25, -0.2) is 0 Å². The van der Waals surface area contributed by atoms with Crippen LogP contribution in [-0.2, 0) is 9.53 Å². The van der Waals surface area contributed by atoms with E-state index in [-0.39, 0.29) is 17.3 Å². The van der Waals surface area contributed by atoms with Crippen LogP contribution < -0.4 is 5.32 Å². The predicted molar refractivity (Wildman–Crippen MR) is 56.0 cm³/mol. The summed E-state index contributed by atoms with van der Waals surface area (Å²) in [4.78, 5) is 11.5. The first-order valence-corrected chi connectivity index (χ1v) is 5.36. The molecule has 1 fully saturated rings. The number of esters is 1. The summed E-state index contributed by atoms with van der Waals surface area (Å²) in [6, 6.07) is 0. The molecule has 0 aromatic heterocycles. The molecule has 1 N–H and O–H groups in total. The maximum atomic E-state index is 11.5. The van der Waals surface area contributed by atoms with E-state index in [0.29, 0.717) is 6.61 Å². The largest absolute Gasteiger partial charge is 0.465 e. The van der Waals surface area contributed by atoms with Gasteiger partial charge in [-0.1, -0.05) is 20.8 Å². The van der Waals surface area contributed by atoms with Crippen molar-refractivity contribution in [3.05, 3.63) is 0 Å². The van der Waals surface area contributed by atoms with E-state index < -0.39 is 0 Å². The summed E-state index contributed by atoms with van der Waals surface area (Å²) in [5, 5.41) is 3.16. The van der Waals surface area contributed by atoms with E-state index in [9.17, 15) is 4.79 Å². The quantitative estimate of drug-likeness (QED) is 0.701. The molecule has 0 aromatic carbocycles. The first-order chi connectivity index (χ1) is 6.49. The molecule has 0 aromatic rings. The van der Waals surface area contributed by atoms with Crippen LogP contribution in [0.1, 0.15) is 33.6 Å². The Labute approximate surface area is 86.2 Å². The minimum Gasteiger partial charge on any atom is -0.465 e. The Morgan fingerprint density at radius 1 is 1.50 bits per heavy atom. The second kappa shape index (κ2) is 4.78. The summed E-state index contributed by atoms with van der Waals surface area (Å²) in [5.74, 6) is 0.0641.